The zero-order chi connectivity index (χ0) is 41.8. The normalized spacial score (nSPS) is 20.5. The van der Waals surface area contributed by atoms with E-state index in [0.29, 0.717) is 23.6 Å². The highest BCUT2D eigenvalue weighted by atomic mass is 32.1. The monoisotopic (exact) mass is 814 g/mol. The minimum absolute atomic E-state index is 0.0281. The largest absolute Gasteiger partial charge is 0.507 e. The lowest BCUT2D eigenvalue weighted by Gasteiger charge is -2.36. The molecule has 3 heterocycles. The van der Waals surface area contributed by atoms with Gasteiger partial charge in [-0.15, -0.1) is 11.3 Å². The van der Waals surface area contributed by atoms with Crippen molar-refractivity contribution < 1.29 is 24.6 Å². The number of likely N-dealkylation sites (tertiary alicyclic amines) is 1. The highest BCUT2D eigenvalue weighted by Crippen LogP contribution is 2.38. The van der Waals surface area contributed by atoms with E-state index in [2.05, 4.69) is 50.1 Å². The summed E-state index contributed by atoms with van der Waals surface area (Å²) in [5.41, 5.74) is 8.60. The van der Waals surface area contributed by atoms with Crippen molar-refractivity contribution in [2.75, 3.05) is 6.54 Å². The van der Waals surface area contributed by atoms with Gasteiger partial charge in [0.15, 0.2) is 0 Å². The fourth-order valence-electron chi connectivity index (χ4n) is 8.49. The second-order valence-electron chi connectivity index (χ2n) is 17.3. The van der Waals surface area contributed by atoms with Crippen LogP contribution in [0.2, 0.25) is 0 Å². The van der Waals surface area contributed by atoms with Crippen LogP contribution in [0.25, 0.3) is 32.8 Å². The van der Waals surface area contributed by atoms with Gasteiger partial charge in [-0.05, 0) is 97.2 Å². The summed E-state index contributed by atoms with van der Waals surface area (Å²) in [6.45, 7) is 9.64. The maximum Gasteiger partial charge on any atom is 0.246 e. The number of carbonyl (C=O) groups is 3. The van der Waals surface area contributed by atoms with Gasteiger partial charge in [0.25, 0.3) is 0 Å². The van der Waals surface area contributed by atoms with Gasteiger partial charge in [-0.3, -0.25) is 14.4 Å². The third kappa shape index (κ3) is 9.71. The third-order valence-corrected chi connectivity index (χ3v) is 12.9. The molecule has 3 amide bonds. The number of aryl methyl sites for hydroxylation is 1. The first-order valence-electron chi connectivity index (χ1n) is 20.5. The Labute approximate surface area is 350 Å². The van der Waals surface area contributed by atoms with Crippen molar-refractivity contribution in [3.63, 3.8) is 0 Å². The quantitative estimate of drug-likeness (QED) is 0.105. The van der Waals surface area contributed by atoms with Gasteiger partial charge in [0.05, 0.1) is 40.1 Å². The third-order valence-electron chi connectivity index (χ3n) is 11.9. The van der Waals surface area contributed by atoms with Gasteiger partial charge in [0.2, 0.25) is 17.7 Å². The number of nitrogens with zero attached hydrogens (tertiary/aromatic N) is 4. The first-order valence-corrected chi connectivity index (χ1v) is 21.4. The predicted molar refractivity (Wildman–Crippen MR) is 230 cm³/mol. The number of para-hydroxylation sites is 1. The predicted octanol–water partition coefficient (Wildman–Crippen LogP) is 7.98. The average molecular weight is 815 g/mol. The fourth-order valence-corrected chi connectivity index (χ4v) is 9.30. The van der Waals surface area contributed by atoms with Crippen LogP contribution in [-0.2, 0) is 14.4 Å². The second-order valence-corrected chi connectivity index (χ2v) is 18.1. The lowest BCUT2D eigenvalue weighted by molar-refractivity contribution is -0.144. The molecule has 308 valence electrons. The van der Waals surface area contributed by atoms with Crippen molar-refractivity contribution in [1.29, 1.82) is 0 Å². The van der Waals surface area contributed by atoms with E-state index in [-0.39, 0.29) is 48.4 Å². The number of rotatable bonds is 11. The van der Waals surface area contributed by atoms with Crippen molar-refractivity contribution in [2.45, 2.75) is 103 Å². The van der Waals surface area contributed by atoms with Crippen LogP contribution in [-0.4, -0.2) is 72.7 Å². The first kappa shape index (κ1) is 41.7. The highest BCUT2D eigenvalue weighted by molar-refractivity contribution is 7.13. The fraction of sp³-hybridized carbons (Fsp3) is 0.404. The molecule has 4 N–H and O–H groups in total. The van der Waals surface area contributed by atoms with Crippen LogP contribution in [0.3, 0.4) is 0 Å². The van der Waals surface area contributed by atoms with Gasteiger partial charge >= 0.3 is 0 Å². The van der Waals surface area contributed by atoms with Crippen LogP contribution in [0, 0.1) is 18.3 Å². The molecular formula is C47H54N6O5S. The smallest absolute Gasteiger partial charge is 0.246 e. The molecule has 0 radical (unpaired) electrons. The number of amides is 3. The molecule has 0 spiro atoms. The van der Waals surface area contributed by atoms with Crippen molar-refractivity contribution in [2.24, 2.45) is 11.3 Å². The summed E-state index contributed by atoms with van der Waals surface area (Å²) in [7, 11) is 0. The number of benzene rings is 3. The maximum absolute atomic E-state index is 14.2. The maximum atomic E-state index is 14.2. The molecule has 4 atom stereocenters. The summed E-state index contributed by atoms with van der Waals surface area (Å²) >= 11 is 1.59. The SMILES string of the molecule is Cc1ncsc1-c1ccc([C@H](C)NC(=O)[C@@H]2C[C@@H](O)CN2C(=O)[C@@H](NC(=O)CC2CCC(c3ccc(-c4cnnc(-c5ccccc5O)c4)cc3)CC2)C(C)(C)C)cc1. The molecule has 7 rings (SSSR count). The topological polar surface area (TPSA) is 158 Å². The van der Waals surface area contributed by atoms with Gasteiger partial charge in [0.1, 0.15) is 17.8 Å². The number of phenolic OH excluding ortho intramolecular Hbond substituents is 1. The van der Waals surface area contributed by atoms with E-state index in [1.54, 1.807) is 29.7 Å². The number of aromatic hydroxyl groups is 1. The summed E-state index contributed by atoms with van der Waals surface area (Å²) in [5.74, 6) is -0.113. The molecule has 12 heteroatoms. The molecule has 0 unspecified atom stereocenters. The standard InChI is InChI=1S/C47H54N6O5S/c1-28(31-14-20-35(21-15-31)43-29(2)48-27-59-43)50-45(57)40-24-37(54)26-53(40)46(58)44(47(3,4)5)51-42(56)22-30-10-12-32(13-11-30)33-16-18-34(19-17-33)36-23-39(52-49-25-36)38-8-6-7-9-41(38)55/h6-9,14-21,23,25,27-28,30,32,37,40,44,54-55H,10-13,22,24,26H2,1-5H3,(H,50,57)(H,51,56)/t28-,30?,32?,37+,40-,44+/m0/s1. The van der Waals surface area contributed by atoms with Crippen LogP contribution in [0.15, 0.2) is 90.6 Å². The molecule has 11 nitrogen and oxygen atoms in total. The van der Waals surface area contributed by atoms with Gasteiger partial charge in [-0.25, -0.2) is 4.98 Å². The Balaban J connectivity index is 0.924. The molecule has 2 fully saturated rings. The highest BCUT2D eigenvalue weighted by Gasteiger charge is 2.45. The molecule has 1 saturated heterocycles. The van der Waals surface area contributed by atoms with E-state index < -0.39 is 23.6 Å². The summed E-state index contributed by atoms with van der Waals surface area (Å²) in [5, 5.41) is 35.5. The van der Waals surface area contributed by atoms with E-state index >= 15 is 0 Å². The summed E-state index contributed by atoms with van der Waals surface area (Å²) < 4.78 is 0. The second kappa shape index (κ2) is 17.8. The Morgan fingerprint density at radius 1 is 0.915 bits per heavy atom. The van der Waals surface area contributed by atoms with E-state index in [0.717, 1.165) is 58.5 Å². The van der Waals surface area contributed by atoms with Crippen LogP contribution in [0.4, 0.5) is 0 Å². The Morgan fingerprint density at radius 3 is 2.27 bits per heavy atom. The van der Waals surface area contributed by atoms with Gasteiger partial charge < -0.3 is 25.7 Å². The van der Waals surface area contributed by atoms with Crippen LogP contribution in [0.5, 0.6) is 5.75 Å². The number of hydrogen-bond acceptors (Lipinski definition) is 9. The van der Waals surface area contributed by atoms with Crippen LogP contribution >= 0.6 is 11.3 Å². The minimum Gasteiger partial charge on any atom is -0.507 e. The molecule has 2 aromatic heterocycles. The summed E-state index contributed by atoms with van der Waals surface area (Å²) in [6, 6.07) is 23.5. The van der Waals surface area contributed by atoms with Gasteiger partial charge in [-0.2, -0.15) is 10.2 Å². The van der Waals surface area contributed by atoms with Crippen molar-refractivity contribution in [3.8, 4) is 38.6 Å². The lowest BCUT2D eigenvalue weighted by atomic mass is 9.77. The molecular weight excluding hydrogens is 761 g/mol. The number of nitrogens with one attached hydrogen (secondary N) is 2. The first-order chi connectivity index (χ1) is 28.2. The van der Waals surface area contributed by atoms with Crippen molar-refractivity contribution in [1.82, 2.24) is 30.7 Å². The molecule has 59 heavy (non-hydrogen) atoms. The van der Waals surface area contributed by atoms with Crippen LogP contribution < -0.4 is 10.6 Å². The van der Waals surface area contributed by atoms with Crippen molar-refractivity contribution >= 4 is 29.1 Å². The van der Waals surface area contributed by atoms with E-state index in [1.807, 2.05) is 82.6 Å². The molecule has 5 aromatic rings. The van der Waals surface area contributed by atoms with Crippen molar-refractivity contribution in [3.05, 3.63) is 107 Å². The number of aliphatic hydroxyl groups is 1. The molecule has 0 bridgehead atoms. The Kier molecular flexibility index (Phi) is 12.6. The average Bonchev–Trinajstić information content (AvgIpc) is 3.85. The van der Waals surface area contributed by atoms with Gasteiger partial charge in [-0.1, -0.05) is 81.4 Å². The van der Waals surface area contributed by atoms with E-state index in [1.165, 1.54) is 10.5 Å². The molecule has 2 aliphatic rings. The molecule has 1 aliphatic carbocycles. The Hall–Kier alpha value is -5.46. The lowest BCUT2D eigenvalue weighted by Crippen LogP contribution is -2.58. The number of carbonyl (C=O) groups excluding carboxylic acids is 3. The number of hydrogen-bond donors (Lipinski definition) is 4. The number of aromatic nitrogens is 3. The summed E-state index contributed by atoms with van der Waals surface area (Å²) in [6.07, 6.45) is 5.07. The zero-order valence-corrected chi connectivity index (χ0v) is 35.2. The summed E-state index contributed by atoms with van der Waals surface area (Å²) in [4.78, 5) is 48.4. The number of β-amino-alcohol motifs (C(OH)–C–C–N with tert-alkyl or cyclic N) is 1. The van der Waals surface area contributed by atoms with Gasteiger partial charge in [0, 0.05) is 30.5 Å². The molecule has 1 saturated carbocycles. The number of aliphatic hydroxyl groups excluding tert-OH is 1. The minimum atomic E-state index is -0.865. The number of phenols is 1. The van der Waals surface area contributed by atoms with E-state index in [4.69, 9.17) is 0 Å². The molecule has 3 aromatic carbocycles. The van der Waals surface area contributed by atoms with Crippen LogP contribution in [0.1, 0.15) is 95.0 Å². The Bertz CT molecular complexity index is 2260. The zero-order valence-electron chi connectivity index (χ0n) is 34.4. The Morgan fingerprint density at radius 2 is 1.61 bits per heavy atom. The number of thiazole rings is 1. The molecule has 1 aliphatic heterocycles. The van der Waals surface area contributed by atoms with E-state index in [9.17, 15) is 24.6 Å².